The van der Waals surface area contributed by atoms with Crippen LogP contribution in [-0.2, 0) is 23.9 Å². The van der Waals surface area contributed by atoms with Gasteiger partial charge in [-0.2, -0.15) is 18.3 Å². The van der Waals surface area contributed by atoms with E-state index in [9.17, 15) is 18.0 Å². The number of hydrogen-bond donors (Lipinski definition) is 0. The largest absolute Gasteiger partial charge is 0.435 e. The van der Waals surface area contributed by atoms with Gasteiger partial charge in [0.05, 0.1) is 0 Å². The second-order valence-corrected chi connectivity index (χ2v) is 6.98. The van der Waals surface area contributed by atoms with E-state index in [2.05, 4.69) is 21.4 Å². The fourth-order valence-corrected chi connectivity index (χ4v) is 3.48. The third-order valence-corrected chi connectivity index (χ3v) is 5.14. The lowest BCUT2D eigenvalue weighted by atomic mass is 10.2. The van der Waals surface area contributed by atoms with Gasteiger partial charge in [-0.15, -0.1) is 11.3 Å². The molecule has 0 aromatic carbocycles. The Morgan fingerprint density at radius 1 is 1.20 bits per heavy atom. The van der Waals surface area contributed by atoms with Crippen LogP contribution in [0.5, 0.6) is 0 Å². The second-order valence-electron chi connectivity index (χ2n) is 5.95. The summed E-state index contributed by atoms with van der Waals surface area (Å²) in [7, 11) is 0. The molecule has 2 aromatic heterocycles. The fourth-order valence-electron chi connectivity index (χ4n) is 2.78. The van der Waals surface area contributed by atoms with Crippen molar-refractivity contribution in [2.45, 2.75) is 19.1 Å². The first kappa shape index (κ1) is 17.9. The zero-order valence-electron chi connectivity index (χ0n) is 13.6. The monoisotopic (exact) mass is 372 g/mol. The Morgan fingerprint density at radius 3 is 2.56 bits per heavy atom. The number of nitrogens with zero attached hydrogens (tertiary/aromatic N) is 4. The molecule has 1 aliphatic heterocycles. The summed E-state index contributed by atoms with van der Waals surface area (Å²) in [4.78, 5) is 17.6. The fraction of sp³-hybridized carbons (Fsp3) is 0.500. The summed E-state index contributed by atoms with van der Waals surface area (Å²) in [5.74, 6) is -0.199. The van der Waals surface area contributed by atoms with Crippen LogP contribution < -0.4 is 0 Å². The van der Waals surface area contributed by atoms with Gasteiger partial charge in [-0.25, -0.2) is 0 Å². The number of aromatic nitrogens is 2. The van der Waals surface area contributed by atoms with Crippen LogP contribution >= 0.6 is 11.3 Å². The Hall–Kier alpha value is -1.87. The van der Waals surface area contributed by atoms with Crippen LogP contribution in [0, 0.1) is 0 Å². The first-order valence-electron chi connectivity index (χ1n) is 8.05. The van der Waals surface area contributed by atoms with E-state index >= 15 is 0 Å². The molecule has 0 spiro atoms. The van der Waals surface area contributed by atoms with Gasteiger partial charge >= 0.3 is 6.18 Å². The first-order valence-corrected chi connectivity index (χ1v) is 8.93. The van der Waals surface area contributed by atoms with Crippen LogP contribution in [0.4, 0.5) is 13.2 Å². The minimum atomic E-state index is -4.48. The highest BCUT2D eigenvalue weighted by atomic mass is 32.1. The molecule has 0 aliphatic carbocycles. The topological polar surface area (TPSA) is 41.4 Å². The van der Waals surface area contributed by atoms with Gasteiger partial charge in [-0.1, -0.05) is 6.07 Å². The Balaban J connectivity index is 1.44. The lowest BCUT2D eigenvalue weighted by Crippen LogP contribution is -2.49. The summed E-state index contributed by atoms with van der Waals surface area (Å²) in [5.41, 5.74) is -0.973. The van der Waals surface area contributed by atoms with Gasteiger partial charge < -0.3 is 4.90 Å². The van der Waals surface area contributed by atoms with Crippen molar-refractivity contribution < 1.29 is 18.0 Å². The molecule has 1 aliphatic rings. The number of hydrogen-bond acceptors (Lipinski definition) is 4. The number of halogens is 3. The SMILES string of the molecule is O=C(Cn1ccc(C(F)(F)F)n1)N1CCN(CCc2cccs2)CC1. The molecule has 2 aromatic rings. The van der Waals surface area contributed by atoms with E-state index in [4.69, 9.17) is 0 Å². The predicted molar refractivity (Wildman–Crippen MR) is 88.3 cm³/mol. The highest BCUT2D eigenvalue weighted by molar-refractivity contribution is 7.09. The van der Waals surface area contributed by atoms with E-state index in [-0.39, 0.29) is 12.5 Å². The Kier molecular flexibility index (Phi) is 5.43. The number of piperazine rings is 1. The quantitative estimate of drug-likeness (QED) is 0.809. The van der Waals surface area contributed by atoms with Gasteiger partial charge in [-0.3, -0.25) is 14.4 Å². The van der Waals surface area contributed by atoms with Gasteiger partial charge in [0.25, 0.3) is 0 Å². The lowest BCUT2D eigenvalue weighted by Gasteiger charge is -2.34. The number of thiophene rings is 1. The van der Waals surface area contributed by atoms with Gasteiger partial charge in [0.15, 0.2) is 5.69 Å². The van der Waals surface area contributed by atoms with Crippen LogP contribution in [0.2, 0.25) is 0 Å². The summed E-state index contributed by atoms with van der Waals surface area (Å²) in [5, 5.41) is 5.49. The van der Waals surface area contributed by atoms with E-state index in [1.165, 1.54) is 11.1 Å². The molecule has 0 bridgehead atoms. The van der Waals surface area contributed by atoms with E-state index in [0.29, 0.717) is 13.1 Å². The Morgan fingerprint density at radius 2 is 1.96 bits per heavy atom. The van der Waals surface area contributed by atoms with Crippen molar-refractivity contribution in [1.29, 1.82) is 0 Å². The smallest absolute Gasteiger partial charge is 0.339 e. The lowest BCUT2D eigenvalue weighted by molar-refractivity contribution is -0.142. The average molecular weight is 372 g/mol. The van der Waals surface area contributed by atoms with Crippen molar-refractivity contribution in [1.82, 2.24) is 19.6 Å². The molecule has 3 rings (SSSR count). The zero-order chi connectivity index (χ0) is 17.9. The molecule has 0 atom stereocenters. The molecule has 0 N–H and O–H groups in total. The maximum absolute atomic E-state index is 12.5. The van der Waals surface area contributed by atoms with Crippen molar-refractivity contribution in [3.63, 3.8) is 0 Å². The third-order valence-electron chi connectivity index (χ3n) is 4.21. The van der Waals surface area contributed by atoms with Crippen LogP contribution in [-0.4, -0.2) is 58.2 Å². The molecule has 1 saturated heterocycles. The summed E-state index contributed by atoms with van der Waals surface area (Å²) >= 11 is 1.74. The summed E-state index contributed by atoms with van der Waals surface area (Å²) < 4.78 is 38.7. The number of carbonyl (C=O) groups excluding carboxylic acids is 1. The number of alkyl halides is 3. The number of rotatable bonds is 5. The van der Waals surface area contributed by atoms with E-state index in [0.717, 1.165) is 36.8 Å². The van der Waals surface area contributed by atoms with Crippen molar-refractivity contribution in [2.24, 2.45) is 0 Å². The van der Waals surface area contributed by atoms with Gasteiger partial charge in [0.1, 0.15) is 6.54 Å². The van der Waals surface area contributed by atoms with Crippen LogP contribution in [0.15, 0.2) is 29.8 Å². The van der Waals surface area contributed by atoms with Gasteiger partial charge in [-0.05, 0) is 23.9 Å². The van der Waals surface area contributed by atoms with Gasteiger partial charge in [0.2, 0.25) is 5.91 Å². The van der Waals surface area contributed by atoms with Crippen LogP contribution in [0.25, 0.3) is 0 Å². The normalized spacial score (nSPS) is 16.4. The van der Waals surface area contributed by atoms with Crippen molar-refractivity contribution in [3.05, 3.63) is 40.3 Å². The van der Waals surface area contributed by atoms with Crippen molar-refractivity contribution in [2.75, 3.05) is 32.7 Å². The summed E-state index contributed by atoms with van der Waals surface area (Å²) in [6, 6.07) is 5.04. The predicted octanol–water partition coefficient (Wildman–Crippen LogP) is 2.35. The van der Waals surface area contributed by atoms with E-state index < -0.39 is 11.9 Å². The van der Waals surface area contributed by atoms with E-state index in [1.54, 1.807) is 16.2 Å². The number of amides is 1. The summed E-state index contributed by atoms with van der Waals surface area (Å²) in [6.45, 7) is 3.54. The highest BCUT2D eigenvalue weighted by Crippen LogP contribution is 2.27. The molecule has 0 unspecified atom stereocenters. The highest BCUT2D eigenvalue weighted by Gasteiger charge is 2.33. The minimum absolute atomic E-state index is 0.161. The molecule has 0 radical (unpaired) electrons. The molecule has 3 heterocycles. The molecule has 9 heteroatoms. The molecule has 0 saturated carbocycles. The second kappa shape index (κ2) is 7.57. The molecular weight excluding hydrogens is 353 g/mol. The Labute approximate surface area is 147 Å². The first-order chi connectivity index (χ1) is 11.9. The van der Waals surface area contributed by atoms with Gasteiger partial charge in [0, 0.05) is 43.8 Å². The Bertz CT molecular complexity index is 691. The maximum Gasteiger partial charge on any atom is 0.435 e. The molecule has 25 heavy (non-hydrogen) atoms. The van der Waals surface area contributed by atoms with Crippen molar-refractivity contribution >= 4 is 17.2 Å². The molecule has 5 nitrogen and oxygen atoms in total. The molecular formula is C16H19F3N4OS. The zero-order valence-corrected chi connectivity index (χ0v) is 14.4. The average Bonchev–Trinajstić information content (AvgIpc) is 3.24. The number of carbonyl (C=O) groups is 1. The maximum atomic E-state index is 12.5. The molecule has 136 valence electrons. The van der Waals surface area contributed by atoms with Crippen LogP contribution in [0.3, 0.4) is 0 Å². The summed E-state index contributed by atoms with van der Waals surface area (Å²) in [6.07, 6.45) is -2.29. The van der Waals surface area contributed by atoms with Crippen LogP contribution in [0.1, 0.15) is 10.6 Å². The van der Waals surface area contributed by atoms with Crippen molar-refractivity contribution in [3.8, 4) is 0 Å². The standard InChI is InChI=1S/C16H19F3N4OS/c17-16(18,19)14-4-6-23(20-14)12-15(24)22-9-7-21(8-10-22)5-3-13-2-1-11-25-13/h1-2,4,6,11H,3,5,7-10,12H2. The third kappa shape index (κ3) is 4.82. The molecule has 1 amide bonds. The minimum Gasteiger partial charge on any atom is -0.339 e. The molecule has 1 fully saturated rings. The van der Waals surface area contributed by atoms with E-state index in [1.807, 2.05) is 6.07 Å².